The lowest BCUT2D eigenvalue weighted by atomic mass is 10.1. The van der Waals surface area contributed by atoms with Crippen LogP contribution in [0.5, 0.6) is 5.75 Å². The summed E-state index contributed by atoms with van der Waals surface area (Å²) >= 11 is 0. The molecule has 2 aromatic carbocycles. The van der Waals surface area contributed by atoms with Crippen LogP contribution in [-0.4, -0.2) is 18.3 Å². The Hall–Kier alpha value is -2.19. The Bertz CT molecular complexity index is 673. The highest BCUT2D eigenvalue weighted by molar-refractivity contribution is 5.30. The molecule has 0 aliphatic carbocycles. The second kappa shape index (κ2) is 8.07. The number of hydrogen-bond acceptors (Lipinski definition) is 3. The largest absolute Gasteiger partial charge is 0.435 e. The van der Waals surface area contributed by atoms with Crippen molar-refractivity contribution in [1.82, 2.24) is 5.32 Å². The van der Waals surface area contributed by atoms with E-state index in [0.29, 0.717) is 5.56 Å². The zero-order valence-electron chi connectivity index (χ0n) is 12.3. The quantitative estimate of drug-likeness (QED) is 0.595. The highest BCUT2D eigenvalue weighted by Crippen LogP contribution is 2.20. The molecule has 2 aromatic rings. The third-order valence-electron chi connectivity index (χ3n) is 3.18. The number of rotatable bonds is 7. The van der Waals surface area contributed by atoms with Crippen LogP contribution >= 0.6 is 0 Å². The monoisotopic (exact) mass is 347 g/mol. The van der Waals surface area contributed by atoms with Crippen LogP contribution in [0, 0.1) is 17.5 Å². The fourth-order valence-electron chi connectivity index (χ4n) is 2.08. The van der Waals surface area contributed by atoms with E-state index in [1.807, 2.05) is 0 Å². The zero-order chi connectivity index (χ0) is 17.7. The number of halogens is 5. The van der Waals surface area contributed by atoms with Crippen molar-refractivity contribution < 1.29 is 31.8 Å². The Morgan fingerprint density at radius 3 is 2.33 bits per heavy atom. The summed E-state index contributed by atoms with van der Waals surface area (Å²) in [6.45, 7) is -3.00. The van der Waals surface area contributed by atoms with Crippen LogP contribution in [-0.2, 0) is 6.54 Å². The SMILES string of the molecule is OC(CNCc1cc(F)c(F)c(F)c1)c1cccc(OC(F)F)c1. The summed E-state index contributed by atoms with van der Waals surface area (Å²) in [5.74, 6) is -4.24. The summed E-state index contributed by atoms with van der Waals surface area (Å²) in [7, 11) is 0. The van der Waals surface area contributed by atoms with E-state index in [4.69, 9.17) is 0 Å². The molecule has 3 nitrogen and oxygen atoms in total. The van der Waals surface area contributed by atoms with Gasteiger partial charge >= 0.3 is 6.61 Å². The highest BCUT2D eigenvalue weighted by Gasteiger charge is 2.12. The first-order valence-electron chi connectivity index (χ1n) is 6.94. The molecule has 2 N–H and O–H groups in total. The molecule has 0 spiro atoms. The molecule has 130 valence electrons. The number of benzene rings is 2. The van der Waals surface area contributed by atoms with Crippen molar-refractivity contribution in [2.45, 2.75) is 19.3 Å². The van der Waals surface area contributed by atoms with Gasteiger partial charge < -0.3 is 15.2 Å². The van der Waals surface area contributed by atoms with E-state index in [-0.39, 0.29) is 24.4 Å². The molecule has 0 aliphatic heterocycles. The van der Waals surface area contributed by atoms with Gasteiger partial charge in [-0.05, 0) is 35.4 Å². The molecule has 0 heterocycles. The number of alkyl halides is 2. The lowest BCUT2D eigenvalue weighted by molar-refractivity contribution is -0.0499. The normalized spacial score (nSPS) is 12.5. The minimum Gasteiger partial charge on any atom is -0.435 e. The van der Waals surface area contributed by atoms with Crippen molar-refractivity contribution in [2.24, 2.45) is 0 Å². The van der Waals surface area contributed by atoms with E-state index in [1.54, 1.807) is 0 Å². The van der Waals surface area contributed by atoms with Gasteiger partial charge in [-0.25, -0.2) is 13.2 Å². The van der Waals surface area contributed by atoms with Gasteiger partial charge in [-0.3, -0.25) is 0 Å². The summed E-state index contributed by atoms with van der Waals surface area (Å²) in [5.41, 5.74) is 0.491. The second-order valence-corrected chi connectivity index (χ2v) is 4.97. The molecule has 0 bridgehead atoms. The predicted octanol–water partition coefficient (Wildman–Crippen LogP) is 3.53. The number of hydrogen-bond donors (Lipinski definition) is 2. The Morgan fingerprint density at radius 2 is 1.71 bits per heavy atom. The van der Waals surface area contributed by atoms with Crippen LogP contribution in [0.4, 0.5) is 22.0 Å². The van der Waals surface area contributed by atoms with Gasteiger partial charge in [0, 0.05) is 13.1 Å². The van der Waals surface area contributed by atoms with E-state index in [2.05, 4.69) is 10.1 Å². The summed E-state index contributed by atoms with van der Waals surface area (Å²) in [6, 6.07) is 7.22. The van der Waals surface area contributed by atoms with Gasteiger partial charge in [0.2, 0.25) is 0 Å². The average molecular weight is 347 g/mol. The van der Waals surface area contributed by atoms with E-state index in [0.717, 1.165) is 12.1 Å². The zero-order valence-corrected chi connectivity index (χ0v) is 12.3. The molecule has 0 amide bonds. The number of aliphatic hydroxyl groups excluding tert-OH is 1. The van der Waals surface area contributed by atoms with Crippen molar-refractivity contribution in [3.63, 3.8) is 0 Å². The van der Waals surface area contributed by atoms with Crippen molar-refractivity contribution >= 4 is 0 Å². The minimum atomic E-state index is -2.97. The first-order valence-corrected chi connectivity index (χ1v) is 6.94. The van der Waals surface area contributed by atoms with Crippen LogP contribution in [0.2, 0.25) is 0 Å². The topological polar surface area (TPSA) is 41.5 Å². The Kier molecular flexibility index (Phi) is 6.10. The lowest BCUT2D eigenvalue weighted by Crippen LogP contribution is -2.21. The molecule has 0 fully saturated rings. The van der Waals surface area contributed by atoms with E-state index in [1.165, 1.54) is 24.3 Å². The van der Waals surface area contributed by atoms with Crippen molar-refractivity contribution in [2.75, 3.05) is 6.54 Å². The molecule has 2 rings (SSSR count). The summed E-state index contributed by atoms with van der Waals surface area (Å²) < 4.78 is 67.5. The molecular weight excluding hydrogens is 333 g/mol. The maximum absolute atomic E-state index is 13.1. The second-order valence-electron chi connectivity index (χ2n) is 4.97. The minimum absolute atomic E-state index is 0.0151. The van der Waals surface area contributed by atoms with Crippen LogP contribution in [0.15, 0.2) is 36.4 Å². The molecule has 0 saturated carbocycles. The molecule has 0 saturated heterocycles. The van der Waals surface area contributed by atoms with Gasteiger partial charge in [0.05, 0.1) is 6.10 Å². The Morgan fingerprint density at radius 1 is 1.04 bits per heavy atom. The maximum atomic E-state index is 13.1. The van der Waals surface area contributed by atoms with Crippen molar-refractivity contribution in [3.8, 4) is 5.75 Å². The standard InChI is InChI=1S/C16H14F5NO2/c17-12-4-9(5-13(18)15(12)19)7-22-8-14(23)10-2-1-3-11(6-10)24-16(20)21/h1-6,14,16,22-23H,7-8H2. The van der Waals surface area contributed by atoms with Crippen LogP contribution in [0.3, 0.4) is 0 Å². The number of aliphatic hydroxyl groups is 1. The molecular formula is C16H14F5NO2. The molecule has 8 heteroatoms. The van der Waals surface area contributed by atoms with Gasteiger partial charge in [-0.15, -0.1) is 0 Å². The first kappa shape index (κ1) is 18.2. The van der Waals surface area contributed by atoms with Crippen LogP contribution < -0.4 is 10.1 Å². The molecule has 1 unspecified atom stereocenters. The van der Waals surface area contributed by atoms with Gasteiger partial charge in [0.15, 0.2) is 17.5 Å². The number of ether oxygens (including phenoxy) is 1. The predicted molar refractivity (Wildman–Crippen MR) is 76.1 cm³/mol. The third kappa shape index (κ3) is 4.90. The van der Waals surface area contributed by atoms with Crippen LogP contribution in [0.1, 0.15) is 17.2 Å². The lowest BCUT2D eigenvalue weighted by Gasteiger charge is -2.14. The Labute approximate surface area is 134 Å². The van der Waals surface area contributed by atoms with Crippen molar-refractivity contribution in [3.05, 3.63) is 65.0 Å². The third-order valence-corrected chi connectivity index (χ3v) is 3.18. The van der Waals surface area contributed by atoms with E-state index < -0.39 is 30.2 Å². The van der Waals surface area contributed by atoms with Gasteiger partial charge in [-0.1, -0.05) is 12.1 Å². The molecule has 1 atom stereocenters. The van der Waals surface area contributed by atoms with Gasteiger partial charge in [0.1, 0.15) is 5.75 Å². The van der Waals surface area contributed by atoms with Gasteiger partial charge in [0.25, 0.3) is 0 Å². The molecule has 0 aliphatic rings. The fraction of sp³-hybridized carbons (Fsp3) is 0.250. The summed E-state index contributed by atoms with van der Waals surface area (Å²) in [6.07, 6.45) is -1.05. The summed E-state index contributed by atoms with van der Waals surface area (Å²) in [5, 5.41) is 12.7. The Balaban J connectivity index is 1.92. The molecule has 0 aromatic heterocycles. The van der Waals surface area contributed by atoms with Gasteiger partial charge in [-0.2, -0.15) is 8.78 Å². The molecule has 24 heavy (non-hydrogen) atoms. The highest BCUT2D eigenvalue weighted by atomic mass is 19.3. The fourth-order valence-corrected chi connectivity index (χ4v) is 2.08. The average Bonchev–Trinajstić information content (AvgIpc) is 2.52. The molecule has 0 radical (unpaired) electrons. The number of nitrogens with one attached hydrogen (secondary N) is 1. The maximum Gasteiger partial charge on any atom is 0.387 e. The van der Waals surface area contributed by atoms with Crippen LogP contribution in [0.25, 0.3) is 0 Å². The van der Waals surface area contributed by atoms with E-state index >= 15 is 0 Å². The summed E-state index contributed by atoms with van der Waals surface area (Å²) in [4.78, 5) is 0. The smallest absolute Gasteiger partial charge is 0.387 e. The van der Waals surface area contributed by atoms with E-state index in [9.17, 15) is 27.1 Å². The van der Waals surface area contributed by atoms with Crippen molar-refractivity contribution in [1.29, 1.82) is 0 Å². The first-order chi connectivity index (χ1) is 11.4.